The Balaban J connectivity index is 2.53. The predicted molar refractivity (Wildman–Crippen MR) is 46.7 cm³/mol. The van der Waals surface area contributed by atoms with Crippen LogP contribution >= 0.6 is 23.2 Å². The maximum absolute atomic E-state index is 9.23. The Morgan fingerprint density at radius 3 is 2.58 bits per heavy atom. The van der Waals surface area contributed by atoms with Gasteiger partial charge < -0.3 is 14.6 Å². The lowest BCUT2D eigenvalue weighted by molar-refractivity contribution is -0.105. The SMILES string of the molecule is CC(O)C(Cl)(Cl)C1COCCO1. The molecule has 12 heavy (non-hydrogen) atoms. The van der Waals surface area contributed by atoms with Gasteiger partial charge in [0.2, 0.25) is 0 Å². The average Bonchev–Trinajstić information content (AvgIpc) is 2.06. The number of rotatable bonds is 2. The van der Waals surface area contributed by atoms with Gasteiger partial charge in [0.25, 0.3) is 0 Å². The van der Waals surface area contributed by atoms with E-state index in [2.05, 4.69) is 0 Å². The molecule has 0 bridgehead atoms. The van der Waals surface area contributed by atoms with Crippen LogP contribution in [0.2, 0.25) is 0 Å². The molecule has 0 aromatic heterocycles. The van der Waals surface area contributed by atoms with Crippen molar-refractivity contribution in [2.45, 2.75) is 23.5 Å². The van der Waals surface area contributed by atoms with Crippen molar-refractivity contribution >= 4 is 23.2 Å². The van der Waals surface area contributed by atoms with E-state index in [-0.39, 0.29) is 0 Å². The van der Waals surface area contributed by atoms with Gasteiger partial charge in [0.1, 0.15) is 6.10 Å². The molecule has 0 aromatic carbocycles. The summed E-state index contributed by atoms with van der Waals surface area (Å²) in [5.41, 5.74) is 0. The van der Waals surface area contributed by atoms with Crippen molar-refractivity contribution in [3.05, 3.63) is 0 Å². The van der Waals surface area contributed by atoms with E-state index < -0.39 is 16.5 Å². The van der Waals surface area contributed by atoms with E-state index in [9.17, 15) is 5.11 Å². The molecule has 5 heteroatoms. The van der Waals surface area contributed by atoms with Crippen molar-refractivity contribution in [3.8, 4) is 0 Å². The number of aliphatic hydroxyl groups is 1. The van der Waals surface area contributed by atoms with Crippen LogP contribution in [-0.2, 0) is 9.47 Å². The molecule has 2 unspecified atom stereocenters. The molecule has 0 aromatic rings. The van der Waals surface area contributed by atoms with Gasteiger partial charge in [-0.1, -0.05) is 23.2 Å². The third-order valence-corrected chi connectivity index (χ3v) is 2.92. The van der Waals surface area contributed by atoms with E-state index in [1.165, 1.54) is 6.92 Å². The van der Waals surface area contributed by atoms with Crippen LogP contribution in [0.4, 0.5) is 0 Å². The average molecular weight is 215 g/mol. The highest BCUT2D eigenvalue weighted by Crippen LogP contribution is 2.32. The standard InChI is InChI=1S/C7H12Cl2O3/c1-5(10)7(8,9)6-4-11-2-3-12-6/h5-6,10H,2-4H2,1H3. The zero-order valence-corrected chi connectivity index (χ0v) is 8.31. The fraction of sp³-hybridized carbons (Fsp3) is 1.00. The molecule has 0 aliphatic carbocycles. The molecule has 2 atom stereocenters. The fourth-order valence-corrected chi connectivity index (χ4v) is 1.23. The molecule has 72 valence electrons. The van der Waals surface area contributed by atoms with E-state index in [1.54, 1.807) is 0 Å². The fourth-order valence-electron chi connectivity index (χ4n) is 0.979. The molecule has 0 spiro atoms. The molecule has 1 fully saturated rings. The Kier molecular flexibility index (Phi) is 3.61. The smallest absolute Gasteiger partial charge is 0.171 e. The third-order valence-electron chi connectivity index (χ3n) is 1.80. The largest absolute Gasteiger partial charge is 0.390 e. The molecule has 0 amide bonds. The molecular formula is C7H12Cl2O3. The van der Waals surface area contributed by atoms with Gasteiger partial charge in [-0.25, -0.2) is 0 Å². The number of halogens is 2. The number of hydrogen-bond donors (Lipinski definition) is 1. The minimum atomic E-state index is -1.28. The molecule has 0 saturated carbocycles. The van der Waals surface area contributed by atoms with Crippen LogP contribution in [-0.4, -0.2) is 41.5 Å². The summed E-state index contributed by atoms with van der Waals surface area (Å²) < 4.78 is 9.09. The first kappa shape index (κ1) is 10.5. The van der Waals surface area contributed by atoms with Gasteiger partial charge in [0.05, 0.1) is 25.9 Å². The van der Waals surface area contributed by atoms with Crippen molar-refractivity contribution in [2.24, 2.45) is 0 Å². The summed E-state index contributed by atoms with van der Waals surface area (Å²) in [5, 5.41) is 9.23. The summed E-state index contributed by atoms with van der Waals surface area (Å²) >= 11 is 11.7. The zero-order valence-electron chi connectivity index (χ0n) is 6.80. The summed E-state index contributed by atoms with van der Waals surface area (Å²) in [6.07, 6.45) is -1.29. The van der Waals surface area contributed by atoms with Gasteiger partial charge in [-0.05, 0) is 6.92 Å². The highest BCUT2D eigenvalue weighted by Gasteiger charge is 2.41. The summed E-state index contributed by atoms with van der Waals surface area (Å²) in [4.78, 5) is 0. The first-order valence-corrected chi connectivity index (χ1v) is 4.56. The van der Waals surface area contributed by atoms with Crippen LogP contribution in [0.15, 0.2) is 0 Å². The van der Waals surface area contributed by atoms with Crippen LogP contribution in [0.3, 0.4) is 0 Å². The van der Waals surface area contributed by atoms with Crippen LogP contribution in [0, 0.1) is 0 Å². The second-order valence-electron chi connectivity index (χ2n) is 2.78. The van der Waals surface area contributed by atoms with E-state index in [1.807, 2.05) is 0 Å². The van der Waals surface area contributed by atoms with Crippen molar-refractivity contribution in [1.82, 2.24) is 0 Å². The Bertz CT molecular complexity index is 144. The molecule has 1 aliphatic rings. The maximum Gasteiger partial charge on any atom is 0.171 e. The predicted octanol–water partition coefficient (Wildman–Crippen LogP) is 0.957. The van der Waals surface area contributed by atoms with Gasteiger partial charge in [-0.15, -0.1) is 0 Å². The lowest BCUT2D eigenvalue weighted by Crippen LogP contribution is -2.48. The Morgan fingerprint density at radius 1 is 1.50 bits per heavy atom. The topological polar surface area (TPSA) is 38.7 Å². The van der Waals surface area contributed by atoms with Crippen molar-refractivity contribution < 1.29 is 14.6 Å². The van der Waals surface area contributed by atoms with Gasteiger partial charge >= 0.3 is 0 Å². The minimum absolute atomic E-state index is 0.331. The first-order valence-electron chi connectivity index (χ1n) is 3.80. The van der Waals surface area contributed by atoms with Crippen molar-refractivity contribution in [1.29, 1.82) is 0 Å². The molecule has 1 aliphatic heterocycles. The highest BCUT2D eigenvalue weighted by atomic mass is 35.5. The molecule has 1 saturated heterocycles. The van der Waals surface area contributed by atoms with Crippen LogP contribution < -0.4 is 0 Å². The van der Waals surface area contributed by atoms with E-state index in [0.29, 0.717) is 19.8 Å². The quantitative estimate of drug-likeness (QED) is 0.697. The van der Waals surface area contributed by atoms with Gasteiger partial charge in [-0.2, -0.15) is 0 Å². The Labute approximate surface area is 81.6 Å². The number of ether oxygens (including phenoxy) is 2. The lowest BCUT2D eigenvalue weighted by atomic mass is 10.1. The number of alkyl halides is 2. The zero-order chi connectivity index (χ0) is 9.19. The van der Waals surface area contributed by atoms with Crippen LogP contribution in [0.5, 0.6) is 0 Å². The van der Waals surface area contributed by atoms with Gasteiger partial charge in [0, 0.05) is 0 Å². The normalized spacial score (nSPS) is 28.5. The Hall–Kier alpha value is 0.460. The molecule has 0 radical (unpaired) electrons. The first-order chi connectivity index (χ1) is 5.55. The minimum Gasteiger partial charge on any atom is -0.390 e. The highest BCUT2D eigenvalue weighted by molar-refractivity contribution is 6.49. The maximum atomic E-state index is 9.23. The molecule has 1 N–H and O–H groups in total. The van der Waals surface area contributed by atoms with Gasteiger partial charge in [-0.3, -0.25) is 0 Å². The van der Waals surface area contributed by atoms with E-state index >= 15 is 0 Å². The van der Waals surface area contributed by atoms with Gasteiger partial charge in [0.15, 0.2) is 4.33 Å². The molecule has 1 rings (SSSR count). The summed E-state index contributed by atoms with van der Waals surface area (Å²) in [7, 11) is 0. The second kappa shape index (κ2) is 4.11. The lowest BCUT2D eigenvalue weighted by Gasteiger charge is -2.34. The van der Waals surface area contributed by atoms with E-state index in [0.717, 1.165) is 0 Å². The van der Waals surface area contributed by atoms with Crippen LogP contribution in [0.25, 0.3) is 0 Å². The van der Waals surface area contributed by atoms with E-state index in [4.69, 9.17) is 32.7 Å². The third kappa shape index (κ3) is 2.24. The monoisotopic (exact) mass is 214 g/mol. The number of aliphatic hydroxyl groups excluding tert-OH is 1. The molecule has 1 heterocycles. The summed E-state index contributed by atoms with van der Waals surface area (Å²) in [6, 6.07) is 0. The summed E-state index contributed by atoms with van der Waals surface area (Å²) in [6.45, 7) is 2.88. The molecule has 3 nitrogen and oxygen atoms in total. The summed E-state index contributed by atoms with van der Waals surface area (Å²) in [5.74, 6) is 0. The van der Waals surface area contributed by atoms with Crippen molar-refractivity contribution in [2.75, 3.05) is 19.8 Å². The second-order valence-corrected chi connectivity index (χ2v) is 4.23. The molecular weight excluding hydrogens is 203 g/mol. The number of hydrogen-bond acceptors (Lipinski definition) is 3. The van der Waals surface area contributed by atoms with Crippen molar-refractivity contribution in [3.63, 3.8) is 0 Å². The Morgan fingerprint density at radius 2 is 2.17 bits per heavy atom. The van der Waals surface area contributed by atoms with Crippen LogP contribution in [0.1, 0.15) is 6.92 Å².